The van der Waals surface area contributed by atoms with Crippen molar-refractivity contribution < 1.29 is 10.2 Å². The molecular formula is C22H20N2O2. The van der Waals surface area contributed by atoms with E-state index in [9.17, 15) is 0 Å². The van der Waals surface area contributed by atoms with E-state index in [0.717, 1.165) is 11.4 Å². The molecule has 0 aliphatic carbocycles. The summed E-state index contributed by atoms with van der Waals surface area (Å²) in [6, 6.07) is 29.2. The van der Waals surface area contributed by atoms with Gasteiger partial charge in [-0.05, 0) is 30.3 Å². The van der Waals surface area contributed by atoms with Crippen molar-refractivity contribution in [2.24, 2.45) is 0 Å². The Morgan fingerprint density at radius 2 is 0.846 bits per heavy atom. The first-order chi connectivity index (χ1) is 12.8. The van der Waals surface area contributed by atoms with E-state index < -0.39 is 0 Å². The molecule has 0 aliphatic rings. The first kappa shape index (κ1) is 18.7. The summed E-state index contributed by atoms with van der Waals surface area (Å²) in [7, 11) is 0. The van der Waals surface area contributed by atoms with Crippen LogP contribution >= 0.6 is 0 Å². The molecule has 4 nitrogen and oxygen atoms in total. The normalized spacial score (nSPS) is 9.08. The highest BCUT2D eigenvalue weighted by atomic mass is 16.3. The molecule has 4 rings (SSSR count). The zero-order valence-corrected chi connectivity index (χ0v) is 14.2. The Kier molecular flexibility index (Phi) is 7.90. The number of phenols is 2. The molecule has 1 heterocycles. The number of hydrogen-bond acceptors (Lipinski definition) is 4. The first-order valence-electron chi connectivity index (χ1n) is 8.06. The fourth-order valence-corrected chi connectivity index (χ4v) is 1.89. The van der Waals surface area contributed by atoms with E-state index in [1.54, 1.807) is 60.9 Å². The van der Waals surface area contributed by atoms with Gasteiger partial charge in [0.25, 0.3) is 0 Å². The van der Waals surface area contributed by atoms with Gasteiger partial charge in [0.1, 0.15) is 11.5 Å². The van der Waals surface area contributed by atoms with Gasteiger partial charge in [-0.1, -0.05) is 66.7 Å². The lowest BCUT2D eigenvalue weighted by molar-refractivity contribution is 0.475. The quantitative estimate of drug-likeness (QED) is 0.514. The first-order valence-corrected chi connectivity index (χ1v) is 8.06. The molecule has 0 saturated carbocycles. The maximum absolute atomic E-state index is 8.63. The Hall–Kier alpha value is -3.66. The number of aromatic hydroxyl groups is 2. The van der Waals surface area contributed by atoms with Gasteiger partial charge in [0.2, 0.25) is 0 Å². The number of benzene rings is 3. The van der Waals surface area contributed by atoms with Crippen molar-refractivity contribution in [3.8, 4) is 22.9 Å². The van der Waals surface area contributed by atoms with Gasteiger partial charge in [-0.2, -0.15) is 0 Å². The molecule has 0 amide bonds. The molecule has 0 fully saturated rings. The smallest absolute Gasteiger partial charge is 0.159 e. The number of rotatable bonds is 1. The van der Waals surface area contributed by atoms with E-state index in [-0.39, 0.29) is 0 Å². The van der Waals surface area contributed by atoms with Crippen LogP contribution in [0.2, 0.25) is 0 Å². The van der Waals surface area contributed by atoms with Crippen molar-refractivity contribution in [1.82, 2.24) is 9.97 Å². The van der Waals surface area contributed by atoms with Crippen LogP contribution in [-0.4, -0.2) is 20.2 Å². The van der Waals surface area contributed by atoms with Crippen LogP contribution in [0.5, 0.6) is 11.5 Å². The van der Waals surface area contributed by atoms with E-state index in [0.29, 0.717) is 11.5 Å². The highest BCUT2D eigenvalue weighted by molar-refractivity contribution is 5.53. The molecule has 0 unspecified atom stereocenters. The average Bonchev–Trinajstić information content (AvgIpc) is 2.72. The maximum atomic E-state index is 8.63. The Morgan fingerprint density at radius 1 is 0.462 bits per heavy atom. The number of phenolic OH excluding ortho intramolecular Hbond substituents is 2. The lowest BCUT2D eigenvalue weighted by Gasteiger charge is -1.96. The summed E-state index contributed by atoms with van der Waals surface area (Å²) in [5, 5.41) is 17.3. The maximum Gasteiger partial charge on any atom is 0.159 e. The zero-order valence-electron chi connectivity index (χ0n) is 14.2. The minimum absolute atomic E-state index is 0.322. The van der Waals surface area contributed by atoms with E-state index >= 15 is 0 Å². The lowest BCUT2D eigenvalue weighted by Crippen LogP contribution is -1.84. The van der Waals surface area contributed by atoms with Crippen LogP contribution < -0.4 is 0 Å². The third kappa shape index (κ3) is 7.27. The fourth-order valence-electron chi connectivity index (χ4n) is 1.89. The predicted molar refractivity (Wildman–Crippen MR) is 104 cm³/mol. The second-order valence-corrected chi connectivity index (χ2v) is 5.11. The van der Waals surface area contributed by atoms with Crippen LogP contribution in [0, 0.1) is 0 Å². The highest BCUT2D eigenvalue weighted by Gasteiger charge is 1.95. The predicted octanol–water partition coefficient (Wildman–Crippen LogP) is 4.93. The number of para-hydroxylation sites is 2. The molecule has 0 aliphatic heterocycles. The van der Waals surface area contributed by atoms with Crippen molar-refractivity contribution in [2.45, 2.75) is 0 Å². The van der Waals surface area contributed by atoms with Crippen LogP contribution in [0.3, 0.4) is 0 Å². The van der Waals surface area contributed by atoms with E-state index in [4.69, 9.17) is 10.2 Å². The molecule has 130 valence electrons. The van der Waals surface area contributed by atoms with Crippen molar-refractivity contribution in [3.63, 3.8) is 0 Å². The summed E-state index contributed by atoms with van der Waals surface area (Å²) in [6.07, 6.45) is 3.49. The molecule has 4 heteroatoms. The van der Waals surface area contributed by atoms with Crippen molar-refractivity contribution in [1.29, 1.82) is 0 Å². The summed E-state index contributed by atoms with van der Waals surface area (Å²) in [6.45, 7) is 0. The largest absolute Gasteiger partial charge is 0.508 e. The molecule has 0 radical (unpaired) electrons. The van der Waals surface area contributed by atoms with Crippen molar-refractivity contribution in [2.75, 3.05) is 0 Å². The van der Waals surface area contributed by atoms with Gasteiger partial charge in [-0.15, -0.1) is 0 Å². The number of hydrogen-bond donors (Lipinski definition) is 2. The minimum atomic E-state index is 0.322. The molecular weight excluding hydrogens is 324 g/mol. The Labute approximate surface area is 153 Å². The monoisotopic (exact) mass is 344 g/mol. The number of aromatic nitrogens is 2. The van der Waals surface area contributed by atoms with Crippen LogP contribution in [0.15, 0.2) is 109 Å². The third-order valence-electron chi connectivity index (χ3n) is 3.11. The molecule has 0 bridgehead atoms. The van der Waals surface area contributed by atoms with Crippen LogP contribution in [0.4, 0.5) is 0 Å². The van der Waals surface area contributed by atoms with E-state index in [2.05, 4.69) is 9.97 Å². The van der Waals surface area contributed by atoms with E-state index in [1.165, 1.54) is 0 Å². The van der Waals surface area contributed by atoms with Gasteiger partial charge in [-0.25, -0.2) is 9.97 Å². The van der Waals surface area contributed by atoms with E-state index in [1.807, 2.05) is 48.5 Å². The van der Waals surface area contributed by atoms with Gasteiger partial charge >= 0.3 is 0 Å². The van der Waals surface area contributed by atoms with Gasteiger partial charge in [-0.3, -0.25) is 0 Å². The minimum Gasteiger partial charge on any atom is -0.508 e. The Bertz CT molecular complexity index is 765. The molecule has 4 aromatic rings. The molecule has 0 atom stereocenters. The summed E-state index contributed by atoms with van der Waals surface area (Å²) < 4.78 is 0. The summed E-state index contributed by atoms with van der Waals surface area (Å²) >= 11 is 0. The summed E-state index contributed by atoms with van der Waals surface area (Å²) in [5.74, 6) is 1.42. The second kappa shape index (κ2) is 11.0. The topological polar surface area (TPSA) is 66.2 Å². The van der Waals surface area contributed by atoms with Gasteiger partial charge in [0.05, 0.1) is 0 Å². The van der Waals surface area contributed by atoms with Crippen molar-refractivity contribution >= 4 is 0 Å². The average molecular weight is 344 g/mol. The van der Waals surface area contributed by atoms with Gasteiger partial charge < -0.3 is 10.2 Å². The molecule has 0 saturated heterocycles. The summed E-state index contributed by atoms with van der Waals surface area (Å²) in [4.78, 5) is 8.28. The lowest BCUT2D eigenvalue weighted by atomic mass is 10.2. The molecule has 2 N–H and O–H groups in total. The Morgan fingerprint density at radius 3 is 1.19 bits per heavy atom. The van der Waals surface area contributed by atoms with Crippen LogP contribution in [-0.2, 0) is 0 Å². The van der Waals surface area contributed by atoms with Crippen molar-refractivity contribution in [3.05, 3.63) is 109 Å². The Balaban J connectivity index is 0.000000150. The van der Waals surface area contributed by atoms with Crippen LogP contribution in [0.1, 0.15) is 0 Å². The number of nitrogens with zero attached hydrogens (tertiary/aromatic N) is 2. The second-order valence-electron chi connectivity index (χ2n) is 5.11. The standard InChI is InChI=1S/C10H8N2.2C6H6O/c1-2-5-9(6-3-1)10-11-7-4-8-12-10;2*7-6-4-2-1-3-5-6/h1-8H;2*1-5,7H. The third-order valence-corrected chi connectivity index (χ3v) is 3.11. The zero-order chi connectivity index (χ0) is 18.5. The van der Waals surface area contributed by atoms with Gasteiger partial charge in [0, 0.05) is 18.0 Å². The van der Waals surface area contributed by atoms with Gasteiger partial charge in [0.15, 0.2) is 5.82 Å². The fraction of sp³-hybridized carbons (Fsp3) is 0. The molecule has 1 aromatic heterocycles. The van der Waals surface area contributed by atoms with Crippen LogP contribution in [0.25, 0.3) is 11.4 Å². The molecule has 0 spiro atoms. The molecule has 26 heavy (non-hydrogen) atoms. The molecule has 3 aromatic carbocycles. The summed E-state index contributed by atoms with van der Waals surface area (Å²) in [5.41, 5.74) is 1.05. The SMILES string of the molecule is Oc1ccccc1.Oc1ccccc1.c1ccc(-c2ncccn2)cc1. The highest BCUT2D eigenvalue weighted by Crippen LogP contribution is 2.11.